The summed E-state index contributed by atoms with van der Waals surface area (Å²) in [6.45, 7) is 7.05. The van der Waals surface area contributed by atoms with Crippen LogP contribution in [0.4, 0.5) is 0 Å². The molecule has 0 aromatic heterocycles. The first-order chi connectivity index (χ1) is 11.4. The van der Waals surface area contributed by atoms with E-state index in [4.69, 9.17) is 18.9 Å². The molecule has 1 aliphatic rings. The predicted octanol–water partition coefficient (Wildman–Crippen LogP) is 4.51. The molecule has 0 amide bonds. The number of ether oxygens (including phenoxy) is 4. The van der Waals surface area contributed by atoms with Gasteiger partial charge in [-0.2, -0.15) is 0 Å². The molecule has 0 bridgehead atoms. The largest absolute Gasteiger partial charge is 0.496 e. The third kappa shape index (κ3) is 3.14. The van der Waals surface area contributed by atoms with Gasteiger partial charge in [0.15, 0.2) is 6.10 Å². The summed E-state index contributed by atoms with van der Waals surface area (Å²) in [5.41, 5.74) is 2.33. The summed E-state index contributed by atoms with van der Waals surface area (Å²) < 4.78 is 22.7. The molecule has 0 N–H and O–H groups in total. The normalized spacial score (nSPS) is 16.3. The van der Waals surface area contributed by atoms with Crippen molar-refractivity contribution in [3.05, 3.63) is 47.5 Å². The van der Waals surface area contributed by atoms with Gasteiger partial charge in [-0.05, 0) is 23.1 Å². The van der Waals surface area contributed by atoms with Crippen molar-refractivity contribution >= 4 is 0 Å². The Balaban J connectivity index is 1.84. The average Bonchev–Trinajstić information content (AvgIpc) is 2.96. The summed E-state index contributed by atoms with van der Waals surface area (Å²) >= 11 is 0. The molecule has 1 aliphatic heterocycles. The topological polar surface area (TPSA) is 36.9 Å². The molecule has 0 radical (unpaired) electrons. The summed E-state index contributed by atoms with van der Waals surface area (Å²) in [7, 11) is 3.27. The van der Waals surface area contributed by atoms with E-state index in [9.17, 15) is 0 Å². The molecular weight excluding hydrogens is 304 g/mol. The molecule has 3 rings (SSSR count). The van der Waals surface area contributed by atoms with Gasteiger partial charge in [0.25, 0.3) is 0 Å². The Hall–Kier alpha value is -2.36. The summed E-state index contributed by atoms with van der Waals surface area (Å²) in [5, 5.41) is 0. The van der Waals surface area contributed by atoms with E-state index in [1.54, 1.807) is 14.2 Å². The highest BCUT2D eigenvalue weighted by Crippen LogP contribution is 2.44. The summed E-state index contributed by atoms with van der Waals surface area (Å²) in [4.78, 5) is 0. The highest BCUT2D eigenvalue weighted by atomic mass is 16.6. The number of benzene rings is 2. The number of hydrogen-bond acceptors (Lipinski definition) is 4. The van der Waals surface area contributed by atoms with Gasteiger partial charge in [-0.15, -0.1) is 0 Å². The Morgan fingerprint density at radius 3 is 2.25 bits per heavy atom. The van der Waals surface area contributed by atoms with Crippen molar-refractivity contribution in [1.82, 2.24) is 0 Å². The van der Waals surface area contributed by atoms with Crippen molar-refractivity contribution in [1.29, 1.82) is 0 Å². The van der Waals surface area contributed by atoms with Crippen LogP contribution in [-0.4, -0.2) is 20.8 Å². The zero-order chi connectivity index (χ0) is 17.3. The third-order valence-electron chi connectivity index (χ3n) is 4.24. The first-order valence-corrected chi connectivity index (χ1v) is 8.08. The van der Waals surface area contributed by atoms with Gasteiger partial charge in [0, 0.05) is 12.1 Å². The van der Waals surface area contributed by atoms with E-state index in [-0.39, 0.29) is 11.5 Å². The SMILES string of the molecule is COc1cc(OC)c2c(c1)OCC2Oc1ccc(C(C)(C)C)cc1. The molecule has 4 heteroatoms. The van der Waals surface area contributed by atoms with E-state index >= 15 is 0 Å². The molecule has 1 unspecified atom stereocenters. The van der Waals surface area contributed by atoms with E-state index in [0.29, 0.717) is 12.4 Å². The Morgan fingerprint density at radius 2 is 1.67 bits per heavy atom. The maximum absolute atomic E-state index is 6.14. The van der Waals surface area contributed by atoms with Crippen molar-refractivity contribution in [3.8, 4) is 23.0 Å². The second-order valence-corrected chi connectivity index (χ2v) is 6.93. The lowest BCUT2D eigenvalue weighted by Crippen LogP contribution is -2.12. The highest BCUT2D eigenvalue weighted by Gasteiger charge is 2.31. The average molecular weight is 328 g/mol. The zero-order valence-electron chi connectivity index (χ0n) is 14.9. The second-order valence-electron chi connectivity index (χ2n) is 6.93. The molecule has 128 valence electrons. The minimum atomic E-state index is -0.193. The van der Waals surface area contributed by atoms with Crippen LogP contribution in [0.15, 0.2) is 36.4 Å². The Kier molecular flexibility index (Phi) is 4.31. The van der Waals surface area contributed by atoms with Gasteiger partial charge in [0.05, 0.1) is 19.8 Å². The van der Waals surface area contributed by atoms with E-state index in [1.807, 2.05) is 24.3 Å². The first kappa shape index (κ1) is 16.5. The van der Waals surface area contributed by atoms with Crippen LogP contribution in [-0.2, 0) is 5.41 Å². The number of methoxy groups -OCH3 is 2. The van der Waals surface area contributed by atoms with E-state index in [1.165, 1.54) is 5.56 Å². The molecule has 0 saturated heterocycles. The van der Waals surface area contributed by atoms with E-state index < -0.39 is 0 Å². The molecule has 2 aromatic rings. The molecule has 0 aliphatic carbocycles. The van der Waals surface area contributed by atoms with Gasteiger partial charge in [-0.25, -0.2) is 0 Å². The minimum absolute atomic E-state index is 0.126. The fourth-order valence-corrected chi connectivity index (χ4v) is 2.84. The molecule has 24 heavy (non-hydrogen) atoms. The molecule has 2 aromatic carbocycles. The van der Waals surface area contributed by atoms with Crippen LogP contribution in [0.2, 0.25) is 0 Å². The Labute approximate surface area is 143 Å². The van der Waals surface area contributed by atoms with E-state index in [0.717, 1.165) is 22.8 Å². The number of fused-ring (bicyclic) bond motifs is 1. The van der Waals surface area contributed by atoms with Crippen LogP contribution >= 0.6 is 0 Å². The molecule has 4 nitrogen and oxygen atoms in total. The van der Waals surface area contributed by atoms with Crippen molar-refractivity contribution in [3.63, 3.8) is 0 Å². The summed E-state index contributed by atoms with van der Waals surface area (Å²) in [6, 6.07) is 12.0. The standard InChI is InChI=1S/C20H24O4/c1-20(2,3)13-6-8-14(9-7-13)24-18-12-23-17-11-15(21-4)10-16(22-5)19(17)18/h6-11,18H,12H2,1-5H3. The smallest absolute Gasteiger partial charge is 0.165 e. The van der Waals surface area contributed by atoms with Gasteiger partial charge in [0.1, 0.15) is 29.6 Å². The number of rotatable bonds is 4. The predicted molar refractivity (Wildman–Crippen MR) is 93.6 cm³/mol. The zero-order valence-corrected chi connectivity index (χ0v) is 14.9. The quantitative estimate of drug-likeness (QED) is 0.827. The van der Waals surface area contributed by atoms with Crippen molar-refractivity contribution in [2.24, 2.45) is 0 Å². The lowest BCUT2D eigenvalue weighted by molar-refractivity contribution is 0.161. The number of hydrogen-bond donors (Lipinski definition) is 0. The van der Waals surface area contributed by atoms with Crippen molar-refractivity contribution in [2.75, 3.05) is 20.8 Å². The molecule has 0 spiro atoms. The van der Waals surface area contributed by atoms with Crippen LogP contribution < -0.4 is 18.9 Å². The van der Waals surface area contributed by atoms with Crippen molar-refractivity contribution < 1.29 is 18.9 Å². The van der Waals surface area contributed by atoms with Crippen LogP contribution in [0.25, 0.3) is 0 Å². The summed E-state index contributed by atoms with van der Waals surface area (Å²) in [6.07, 6.45) is -0.193. The first-order valence-electron chi connectivity index (χ1n) is 8.08. The Bertz CT molecular complexity index is 714. The van der Waals surface area contributed by atoms with Crippen LogP contribution in [0, 0.1) is 0 Å². The lowest BCUT2D eigenvalue weighted by atomic mass is 9.87. The highest BCUT2D eigenvalue weighted by molar-refractivity contribution is 5.54. The minimum Gasteiger partial charge on any atom is -0.496 e. The van der Waals surface area contributed by atoms with Crippen molar-refractivity contribution in [2.45, 2.75) is 32.3 Å². The van der Waals surface area contributed by atoms with Gasteiger partial charge < -0.3 is 18.9 Å². The molecule has 0 fully saturated rings. The van der Waals surface area contributed by atoms with Crippen LogP contribution in [0.1, 0.15) is 38.0 Å². The van der Waals surface area contributed by atoms with Crippen LogP contribution in [0.3, 0.4) is 0 Å². The fourth-order valence-electron chi connectivity index (χ4n) is 2.84. The van der Waals surface area contributed by atoms with Gasteiger partial charge in [0.2, 0.25) is 0 Å². The van der Waals surface area contributed by atoms with Crippen LogP contribution in [0.5, 0.6) is 23.0 Å². The molecule has 1 heterocycles. The Morgan fingerprint density at radius 1 is 0.958 bits per heavy atom. The molecule has 0 saturated carbocycles. The van der Waals surface area contributed by atoms with E-state index in [2.05, 4.69) is 32.9 Å². The maximum Gasteiger partial charge on any atom is 0.165 e. The monoisotopic (exact) mass is 328 g/mol. The van der Waals surface area contributed by atoms with Gasteiger partial charge in [-0.1, -0.05) is 32.9 Å². The maximum atomic E-state index is 6.14. The second kappa shape index (κ2) is 6.27. The molecule has 1 atom stereocenters. The fraction of sp³-hybridized carbons (Fsp3) is 0.400. The van der Waals surface area contributed by atoms with Gasteiger partial charge >= 0.3 is 0 Å². The molecular formula is C20H24O4. The third-order valence-corrected chi connectivity index (χ3v) is 4.24. The lowest BCUT2D eigenvalue weighted by Gasteiger charge is -2.20. The van der Waals surface area contributed by atoms with Gasteiger partial charge in [-0.3, -0.25) is 0 Å². The summed E-state index contributed by atoms with van der Waals surface area (Å²) in [5.74, 6) is 3.00.